The van der Waals surface area contributed by atoms with E-state index < -0.39 is 5.82 Å². The van der Waals surface area contributed by atoms with E-state index in [1.807, 2.05) is 6.92 Å². The average molecular weight is 380 g/mol. The Balaban J connectivity index is 1.72. The molecule has 0 saturated carbocycles. The average Bonchev–Trinajstić information content (AvgIpc) is 2.96. The molecule has 0 aliphatic carbocycles. The van der Waals surface area contributed by atoms with Crippen LogP contribution in [0.2, 0.25) is 5.02 Å². The first-order valence-electron chi connectivity index (χ1n) is 7.52. The molecule has 1 aromatic carbocycles. The third-order valence-electron chi connectivity index (χ3n) is 3.46. The Labute approximate surface area is 153 Å². The van der Waals surface area contributed by atoms with Crippen molar-refractivity contribution in [1.29, 1.82) is 0 Å². The first-order chi connectivity index (χ1) is 12.1. The molecule has 0 atom stereocenters. The van der Waals surface area contributed by atoms with Crippen molar-refractivity contribution < 1.29 is 9.13 Å². The van der Waals surface area contributed by atoms with Crippen LogP contribution in [0.25, 0.3) is 0 Å². The predicted octanol–water partition coefficient (Wildman–Crippen LogP) is 3.69. The van der Waals surface area contributed by atoms with E-state index in [2.05, 4.69) is 20.2 Å². The molecule has 0 unspecified atom stereocenters. The molecule has 0 spiro atoms. The number of benzene rings is 1. The molecule has 0 aliphatic rings. The molecular weight excluding hydrogens is 365 g/mol. The van der Waals surface area contributed by atoms with Crippen molar-refractivity contribution in [1.82, 2.24) is 24.7 Å². The summed E-state index contributed by atoms with van der Waals surface area (Å²) in [6.45, 7) is 2.08. The van der Waals surface area contributed by atoms with Crippen LogP contribution in [0.5, 0.6) is 5.75 Å². The van der Waals surface area contributed by atoms with E-state index in [0.717, 1.165) is 11.8 Å². The number of aryl methyl sites for hydroxylation is 1. The van der Waals surface area contributed by atoms with Gasteiger partial charge in [0.2, 0.25) is 0 Å². The molecule has 2 heterocycles. The Bertz CT molecular complexity index is 871. The van der Waals surface area contributed by atoms with E-state index in [9.17, 15) is 4.39 Å². The fourth-order valence-electron chi connectivity index (χ4n) is 2.03. The molecule has 2 aromatic heterocycles. The number of halogens is 2. The number of aromatic nitrogens is 5. The van der Waals surface area contributed by atoms with Crippen molar-refractivity contribution >= 4 is 23.4 Å². The molecule has 0 radical (unpaired) electrons. The van der Waals surface area contributed by atoms with E-state index in [0.29, 0.717) is 33.9 Å². The maximum atomic E-state index is 14.3. The molecule has 0 fully saturated rings. The zero-order valence-electron chi connectivity index (χ0n) is 13.6. The quantitative estimate of drug-likeness (QED) is 0.608. The summed E-state index contributed by atoms with van der Waals surface area (Å²) in [5.74, 6) is 0.871. The van der Waals surface area contributed by atoms with E-state index in [-0.39, 0.29) is 11.6 Å². The lowest BCUT2D eigenvalue weighted by atomic mass is 10.3. The van der Waals surface area contributed by atoms with Crippen molar-refractivity contribution in [3.8, 4) is 5.75 Å². The number of ether oxygens (including phenoxy) is 1. The van der Waals surface area contributed by atoms with Crippen LogP contribution in [0.4, 0.5) is 4.39 Å². The van der Waals surface area contributed by atoms with Gasteiger partial charge in [-0.3, -0.25) is 0 Å². The Morgan fingerprint density at radius 2 is 1.96 bits per heavy atom. The van der Waals surface area contributed by atoms with Gasteiger partial charge in [0.05, 0.1) is 5.69 Å². The normalized spacial score (nSPS) is 10.9. The third-order valence-corrected chi connectivity index (χ3v) is 4.73. The lowest BCUT2D eigenvalue weighted by Crippen LogP contribution is -2.04. The number of nitrogens with zero attached hydrogens (tertiary/aromatic N) is 5. The van der Waals surface area contributed by atoms with Gasteiger partial charge in [0, 0.05) is 12.1 Å². The minimum atomic E-state index is -0.419. The molecule has 0 saturated heterocycles. The van der Waals surface area contributed by atoms with Crippen LogP contribution >= 0.6 is 23.4 Å². The van der Waals surface area contributed by atoms with Crippen molar-refractivity contribution in [2.45, 2.75) is 30.1 Å². The van der Waals surface area contributed by atoms with E-state index >= 15 is 0 Å². The summed E-state index contributed by atoms with van der Waals surface area (Å²) in [6, 6.07) is 7.05. The number of rotatable bonds is 6. The monoisotopic (exact) mass is 379 g/mol. The Morgan fingerprint density at radius 1 is 1.20 bits per heavy atom. The van der Waals surface area contributed by atoms with E-state index in [1.165, 1.54) is 6.33 Å². The van der Waals surface area contributed by atoms with Crippen LogP contribution in [0, 0.1) is 5.82 Å². The fourth-order valence-corrected chi connectivity index (χ4v) is 2.96. The molecule has 0 bridgehead atoms. The van der Waals surface area contributed by atoms with Gasteiger partial charge in [-0.05, 0) is 42.4 Å². The van der Waals surface area contributed by atoms with Crippen LogP contribution in [0.1, 0.15) is 18.4 Å². The first kappa shape index (κ1) is 17.6. The minimum Gasteiger partial charge on any atom is -0.486 e. The maximum absolute atomic E-state index is 14.3. The summed E-state index contributed by atoms with van der Waals surface area (Å²) in [7, 11) is 1.79. The van der Waals surface area contributed by atoms with Crippen molar-refractivity contribution in [3.63, 3.8) is 0 Å². The summed E-state index contributed by atoms with van der Waals surface area (Å²) in [5.41, 5.74) is 0.381. The van der Waals surface area contributed by atoms with Gasteiger partial charge in [0.15, 0.2) is 16.8 Å². The summed E-state index contributed by atoms with van der Waals surface area (Å²) < 4.78 is 21.7. The molecule has 0 amide bonds. The first-order valence-corrected chi connectivity index (χ1v) is 8.71. The molecule has 130 valence electrons. The van der Waals surface area contributed by atoms with Crippen LogP contribution in [-0.4, -0.2) is 24.7 Å². The SMILES string of the molecule is CCc1ncnc(Sc2nnc(COc3ccc(Cl)cc3)n2C)c1F. The van der Waals surface area contributed by atoms with Gasteiger partial charge in [0.1, 0.15) is 23.7 Å². The summed E-state index contributed by atoms with van der Waals surface area (Å²) in [4.78, 5) is 7.91. The largest absolute Gasteiger partial charge is 0.486 e. The molecule has 0 N–H and O–H groups in total. The van der Waals surface area contributed by atoms with Gasteiger partial charge in [0.25, 0.3) is 0 Å². The Hall–Kier alpha value is -2.19. The molecule has 25 heavy (non-hydrogen) atoms. The Kier molecular flexibility index (Phi) is 5.50. The van der Waals surface area contributed by atoms with Gasteiger partial charge in [-0.25, -0.2) is 14.4 Å². The second-order valence-electron chi connectivity index (χ2n) is 5.10. The van der Waals surface area contributed by atoms with Gasteiger partial charge in [-0.1, -0.05) is 18.5 Å². The highest BCUT2D eigenvalue weighted by Gasteiger charge is 2.16. The highest BCUT2D eigenvalue weighted by molar-refractivity contribution is 7.99. The van der Waals surface area contributed by atoms with Crippen LogP contribution < -0.4 is 4.74 Å². The summed E-state index contributed by atoms with van der Waals surface area (Å²) >= 11 is 6.95. The van der Waals surface area contributed by atoms with Crippen LogP contribution in [-0.2, 0) is 20.1 Å². The van der Waals surface area contributed by atoms with Gasteiger partial charge < -0.3 is 9.30 Å². The number of hydrogen-bond donors (Lipinski definition) is 0. The lowest BCUT2D eigenvalue weighted by Gasteiger charge is -2.07. The molecule has 0 aliphatic heterocycles. The highest BCUT2D eigenvalue weighted by Crippen LogP contribution is 2.27. The molecule has 6 nitrogen and oxygen atoms in total. The predicted molar refractivity (Wildman–Crippen MR) is 92.3 cm³/mol. The van der Waals surface area contributed by atoms with Crippen LogP contribution in [0.3, 0.4) is 0 Å². The second kappa shape index (κ2) is 7.79. The van der Waals surface area contributed by atoms with E-state index in [1.54, 1.807) is 35.9 Å². The lowest BCUT2D eigenvalue weighted by molar-refractivity contribution is 0.290. The topological polar surface area (TPSA) is 65.7 Å². The van der Waals surface area contributed by atoms with Crippen molar-refractivity contribution in [2.75, 3.05) is 0 Å². The van der Waals surface area contributed by atoms with E-state index in [4.69, 9.17) is 16.3 Å². The summed E-state index contributed by atoms with van der Waals surface area (Å²) in [5, 5.41) is 9.57. The zero-order chi connectivity index (χ0) is 17.8. The van der Waals surface area contributed by atoms with Crippen LogP contribution in [0.15, 0.2) is 40.8 Å². The highest BCUT2D eigenvalue weighted by atomic mass is 35.5. The minimum absolute atomic E-state index is 0.229. The third kappa shape index (κ3) is 4.08. The Morgan fingerprint density at radius 3 is 2.68 bits per heavy atom. The number of hydrogen-bond acceptors (Lipinski definition) is 6. The smallest absolute Gasteiger partial charge is 0.197 e. The van der Waals surface area contributed by atoms with Gasteiger partial charge >= 0.3 is 0 Å². The second-order valence-corrected chi connectivity index (χ2v) is 6.49. The maximum Gasteiger partial charge on any atom is 0.197 e. The summed E-state index contributed by atoms with van der Waals surface area (Å²) in [6.07, 6.45) is 1.85. The molecular formula is C16H15ClFN5OS. The molecule has 3 rings (SSSR count). The molecule has 9 heteroatoms. The fraction of sp³-hybridized carbons (Fsp3) is 0.250. The van der Waals surface area contributed by atoms with Gasteiger partial charge in [-0.15, -0.1) is 10.2 Å². The standard InChI is InChI=1S/C16H15ClFN5OS/c1-3-12-14(18)15(20-9-19-12)25-16-22-21-13(23(16)2)8-24-11-6-4-10(17)5-7-11/h4-7,9H,3,8H2,1-2H3. The van der Waals surface area contributed by atoms with Crippen molar-refractivity contribution in [3.05, 3.63) is 53.0 Å². The van der Waals surface area contributed by atoms with Crippen molar-refractivity contribution in [2.24, 2.45) is 7.05 Å². The zero-order valence-corrected chi connectivity index (χ0v) is 15.2. The molecule has 3 aromatic rings. The van der Waals surface area contributed by atoms with Gasteiger partial charge in [-0.2, -0.15) is 0 Å².